The highest BCUT2D eigenvalue weighted by Gasteiger charge is 2.34. The molecule has 1 aliphatic heterocycles. The summed E-state index contributed by atoms with van der Waals surface area (Å²) in [6, 6.07) is 1.30. The zero-order valence-electron chi connectivity index (χ0n) is 11.5. The molecular weight excluding hydrogens is 290 g/mol. The van der Waals surface area contributed by atoms with Gasteiger partial charge in [-0.05, 0) is 12.5 Å². The van der Waals surface area contributed by atoms with Crippen LogP contribution in [-0.4, -0.2) is 46.0 Å². The molecule has 7 nitrogen and oxygen atoms in total. The Bertz CT molecular complexity index is 714. The van der Waals surface area contributed by atoms with Gasteiger partial charge in [0.25, 0.3) is 5.91 Å². The first-order valence-corrected chi connectivity index (χ1v) is 7.53. The van der Waals surface area contributed by atoms with Crippen LogP contribution in [-0.2, 0) is 4.79 Å². The van der Waals surface area contributed by atoms with Gasteiger partial charge in [0.15, 0.2) is 0 Å². The summed E-state index contributed by atoms with van der Waals surface area (Å²) in [5.74, 6) is -0.325. The number of rotatable bonds is 2. The summed E-state index contributed by atoms with van der Waals surface area (Å²) in [6.45, 7) is 2.84. The van der Waals surface area contributed by atoms with Crippen LogP contribution in [0.2, 0.25) is 0 Å². The maximum Gasteiger partial charge on any atom is 0.266 e. The van der Waals surface area contributed by atoms with Crippen LogP contribution >= 0.6 is 11.3 Å². The van der Waals surface area contributed by atoms with Gasteiger partial charge in [0.1, 0.15) is 15.7 Å². The normalized spacial score (nSPS) is 18.8. The van der Waals surface area contributed by atoms with Gasteiger partial charge in [0.2, 0.25) is 5.91 Å². The lowest BCUT2D eigenvalue weighted by Crippen LogP contribution is -2.56. The molecule has 1 fully saturated rings. The fraction of sp³-hybridized carbons (Fsp3) is 0.385. The Morgan fingerprint density at radius 2 is 2.43 bits per heavy atom. The lowest BCUT2D eigenvalue weighted by Gasteiger charge is -2.34. The number of anilines is 1. The number of amides is 2. The Morgan fingerprint density at radius 1 is 1.62 bits per heavy atom. The quantitative estimate of drug-likeness (QED) is 0.847. The van der Waals surface area contributed by atoms with Gasteiger partial charge in [-0.3, -0.25) is 9.59 Å². The molecule has 8 heteroatoms. The van der Waals surface area contributed by atoms with E-state index < -0.39 is 6.04 Å². The third-order valence-electron chi connectivity index (χ3n) is 3.59. The summed E-state index contributed by atoms with van der Waals surface area (Å²) in [7, 11) is 0. The first kappa shape index (κ1) is 13.7. The second-order valence-electron chi connectivity index (χ2n) is 4.81. The number of nitrogens with one attached hydrogen (secondary N) is 1. The minimum absolute atomic E-state index is 0.114. The molecule has 2 amide bonds. The fourth-order valence-electron chi connectivity index (χ4n) is 2.53. The molecule has 110 valence electrons. The molecule has 3 heterocycles. The van der Waals surface area contributed by atoms with Crippen LogP contribution in [0.5, 0.6) is 0 Å². The molecule has 1 unspecified atom stereocenters. The minimum Gasteiger partial charge on any atom is -0.397 e. The molecule has 2 aromatic heterocycles. The van der Waals surface area contributed by atoms with E-state index in [-0.39, 0.29) is 11.8 Å². The Morgan fingerprint density at radius 3 is 3.14 bits per heavy atom. The van der Waals surface area contributed by atoms with E-state index in [2.05, 4.69) is 15.5 Å². The first-order chi connectivity index (χ1) is 10.1. The zero-order chi connectivity index (χ0) is 15.0. The van der Waals surface area contributed by atoms with Crippen molar-refractivity contribution in [2.24, 2.45) is 0 Å². The number of fused-ring (bicyclic) bond motifs is 1. The molecule has 0 radical (unpaired) electrons. The number of thiophene rings is 1. The number of nitrogens with two attached hydrogens (primary N) is 1. The fourth-order valence-corrected chi connectivity index (χ4v) is 3.52. The third kappa shape index (κ3) is 2.21. The molecule has 0 aromatic carbocycles. The average Bonchev–Trinajstić information content (AvgIpc) is 2.84. The number of hydrogen-bond donors (Lipinski definition) is 2. The van der Waals surface area contributed by atoms with Crippen molar-refractivity contribution < 1.29 is 9.59 Å². The Labute approximate surface area is 125 Å². The standard InChI is InChI=1S/C13H15N5O2S/c1-2-8-11(19)15-5-6-18(8)13(20)10-9(14)7-3-4-16-17-12(7)21-10/h3-4,8H,2,5-6,14H2,1H3,(H,15,19). The van der Waals surface area contributed by atoms with E-state index in [0.29, 0.717) is 34.9 Å². The lowest BCUT2D eigenvalue weighted by atomic mass is 10.1. The number of piperazine rings is 1. The van der Waals surface area contributed by atoms with Gasteiger partial charge in [0.05, 0.1) is 11.9 Å². The summed E-state index contributed by atoms with van der Waals surface area (Å²) in [4.78, 5) is 27.3. The molecular formula is C13H15N5O2S. The summed E-state index contributed by atoms with van der Waals surface area (Å²) in [6.07, 6.45) is 2.12. The minimum atomic E-state index is -0.443. The van der Waals surface area contributed by atoms with E-state index in [1.165, 1.54) is 11.3 Å². The van der Waals surface area contributed by atoms with E-state index in [4.69, 9.17) is 5.73 Å². The molecule has 3 N–H and O–H groups in total. The van der Waals surface area contributed by atoms with Gasteiger partial charge in [-0.1, -0.05) is 6.92 Å². The van der Waals surface area contributed by atoms with Crippen LogP contribution in [0.1, 0.15) is 23.0 Å². The molecule has 3 rings (SSSR count). The van der Waals surface area contributed by atoms with Crippen molar-refractivity contribution in [1.29, 1.82) is 0 Å². The molecule has 2 aromatic rings. The van der Waals surface area contributed by atoms with Crippen LogP contribution in [0.25, 0.3) is 10.2 Å². The Balaban J connectivity index is 1.99. The number of hydrogen-bond acceptors (Lipinski definition) is 6. The summed E-state index contributed by atoms with van der Waals surface area (Å²) in [5, 5.41) is 11.3. The van der Waals surface area contributed by atoms with Crippen LogP contribution in [0.15, 0.2) is 12.3 Å². The predicted octanol–water partition coefficient (Wildman–Crippen LogP) is 0.624. The largest absolute Gasteiger partial charge is 0.397 e. The molecule has 21 heavy (non-hydrogen) atoms. The summed E-state index contributed by atoms with van der Waals surface area (Å²) < 4.78 is 0. The maximum absolute atomic E-state index is 12.7. The summed E-state index contributed by atoms with van der Waals surface area (Å²) >= 11 is 1.22. The number of carbonyl (C=O) groups excluding carboxylic acids is 2. The van der Waals surface area contributed by atoms with E-state index in [0.717, 1.165) is 5.39 Å². The highest BCUT2D eigenvalue weighted by molar-refractivity contribution is 7.21. The molecule has 0 saturated carbocycles. The Hall–Kier alpha value is -2.22. The van der Waals surface area contributed by atoms with Crippen molar-refractivity contribution in [2.75, 3.05) is 18.8 Å². The lowest BCUT2D eigenvalue weighted by molar-refractivity contribution is -0.127. The monoisotopic (exact) mass is 305 g/mol. The van der Waals surface area contributed by atoms with Gasteiger partial charge < -0.3 is 16.0 Å². The third-order valence-corrected chi connectivity index (χ3v) is 4.69. The molecule has 0 spiro atoms. The van der Waals surface area contributed by atoms with Crippen LogP contribution in [0.4, 0.5) is 5.69 Å². The van der Waals surface area contributed by atoms with Crippen molar-refractivity contribution in [3.63, 3.8) is 0 Å². The van der Waals surface area contributed by atoms with Gasteiger partial charge in [-0.2, -0.15) is 5.10 Å². The zero-order valence-corrected chi connectivity index (χ0v) is 12.3. The topological polar surface area (TPSA) is 101 Å². The highest BCUT2D eigenvalue weighted by atomic mass is 32.1. The SMILES string of the molecule is CCC1C(=O)NCCN1C(=O)c1sc2nnccc2c1N. The highest BCUT2D eigenvalue weighted by Crippen LogP contribution is 2.33. The average molecular weight is 305 g/mol. The van der Waals surface area contributed by atoms with Gasteiger partial charge in [-0.15, -0.1) is 16.4 Å². The van der Waals surface area contributed by atoms with Gasteiger partial charge in [0, 0.05) is 18.5 Å². The predicted molar refractivity (Wildman–Crippen MR) is 80.0 cm³/mol. The van der Waals surface area contributed by atoms with Crippen molar-refractivity contribution in [1.82, 2.24) is 20.4 Å². The molecule has 1 atom stereocenters. The molecule has 0 bridgehead atoms. The molecule has 0 aliphatic carbocycles. The van der Waals surface area contributed by atoms with E-state index >= 15 is 0 Å². The van der Waals surface area contributed by atoms with Crippen LogP contribution < -0.4 is 11.1 Å². The summed E-state index contributed by atoms with van der Waals surface area (Å²) in [5.41, 5.74) is 6.48. The maximum atomic E-state index is 12.7. The number of aromatic nitrogens is 2. The van der Waals surface area contributed by atoms with E-state index in [1.54, 1.807) is 17.2 Å². The first-order valence-electron chi connectivity index (χ1n) is 6.71. The number of carbonyl (C=O) groups is 2. The van der Waals surface area contributed by atoms with Crippen molar-refractivity contribution in [3.8, 4) is 0 Å². The Kier molecular flexibility index (Phi) is 3.46. The second-order valence-corrected chi connectivity index (χ2v) is 5.81. The number of nitrogens with zero attached hydrogens (tertiary/aromatic N) is 3. The van der Waals surface area contributed by atoms with E-state index in [9.17, 15) is 9.59 Å². The van der Waals surface area contributed by atoms with Crippen molar-refractivity contribution in [2.45, 2.75) is 19.4 Å². The van der Waals surface area contributed by atoms with Crippen molar-refractivity contribution >= 4 is 39.1 Å². The van der Waals surface area contributed by atoms with Gasteiger partial charge >= 0.3 is 0 Å². The molecule has 1 saturated heterocycles. The van der Waals surface area contributed by atoms with Gasteiger partial charge in [-0.25, -0.2) is 0 Å². The van der Waals surface area contributed by atoms with Crippen LogP contribution in [0, 0.1) is 0 Å². The number of nitrogen functional groups attached to an aromatic ring is 1. The van der Waals surface area contributed by atoms with E-state index in [1.807, 2.05) is 6.92 Å². The smallest absolute Gasteiger partial charge is 0.266 e. The van der Waals surface area contributed by atoms with Crippen molar-refractivity contribution in [3.05, 3.63) is 17.1 Å². The molecule has 1 aliphatic rings. The second kappa shape index (κ2) is 5.28. The van der Waals surface area contributed by atoms with Crippen LogP contribution in [0.3, 0.4) is 0 Å².